The van der Waals surface area contributed by atoms with Crippen molar-refractivity contribution in [1.29, 1.82) is 0 Å². The van der Waals surface area contributed by atoms with Crippen molar-refractivity contribution in [2.45, 2.75) is 172 Å². The Kier molecular flexibility index (Phi) is 13.0. The first-order valence-electron chi connectivity index (χ1n) is 25.6. The molecule has 1 aromatic carbocycles. The highest BCUT2D eigenvalue weighted by atomic mass is 16.2. The minimum atomic E-state index is 0.00333. The molecule has 2 aromatic heterocycles. The van der Waals surface area contributed by atoms with E-state index in [9.17, 15) is 4.79 Å². The molecule has 0 bridgehead atoms. The van der Waals surface area contributed by atoms with Crippen LogP contribution in [0.3, 0.4) is 0 Å². The van der Waals surface area contributed by atoms with E-state index >= 15 is 0 Å². The maximum atomic E-state index is 13.2. The summed E-state index contributed by atoms with van der Waals surface area (Å²) in [5.41, 5.74) is 19.9. The summed E-state index contributed by atoms with van der Waals surface area (Å²) in [6, 6.07) is 16.0. The van der Waals surface area contributed by atoms with Gasteiger partial charge in [-0.1, -0.05) is 159 Å². The molecule has 4 heterocycles. The van der Waals surface area contributed by atoms with Crippen LogP contribution in [0.2, 0.25) is 0 Å². The number of pyridine rings is 2. The quantitative estimate of drug-likeness (QED) is 0.212. The second-order valence-corrected chi connectivity index (χ2v) is 25.7. The van der Waals surface area contributed by atoms with E-state index in [2.05, 4.69) is 196 Å². The molecule has 68 heavy (non-hydrogen) atoms. The molecule has 3 unspecified atom stereocenters. The van der Waals surface area contributed by atoms with Crippen LogP contribution < -0.4 is 0 Å². The summed E-state index contributed by atoms with van der Waals surface area (Å²) in [7, 11) is 0. The third-order valence-corrected chi connectivity index (χ3v) is 15.3. The highest BCUT2D eigenvalue weighted by molar-refractivity contribution is 6.02. The van der Waals surface area contributed by atoms with Gasteiger partial charge in [-0.25, -0.2) is 0 Å². The van der Waals surface area contributed by atoms with Gasteiger partial charge in [0, 0.05) is 53.1 Å². The Morgan fingerprint density at radius 2 is 1.31 bits per heavy atom. The third kappa shape index (κ3) is 10.7. The van der Waals surface area contributed by atoms with Gasteiger partial charge in [-0.2, -0.15) is 0 Å². The third-order valence-electron chi connectivity index (χ3n) is 15.3. The van der Waals surface area contributed by atoms with Crippen LogP contribution in [0.5, 0.6) is 0 Å². The molecule has 8 rings (SSSR count). The average molecular weight is 909 g/mol. The van der Waals surface area contributed by atoms with Crippen molar-refractivity contribution >= 4 is 17.2 Å². The molecular formula is C63H80N4O. The van der Waals surface area contributed by atoms with Gasteiger partial charge in [-0.3, -0.25) is 19.8 Å². The van der Waals surface area contributed by atoms with Crippen molar-refractivity contribution in [3.63, 3.8) is 0 Å². The molecular weight excluding hydrogens is 829 g/mol. The number of carbonyl (C=O) groups is 1. The van der Waals surface area contributed by atoms with E-state index < -0.39 is 0 Å². The minimum Gasteiger partial charge on any atom is -0.301 e. The van der Waals surface area contributed by atoms with Crippen molar-refractivity contribution in [2.24, 2.45) is 27.2 Å². The summed E-state index contributed by atoms with van der Waals surface area (Å²) < 4.78 is 0. The first-order chi connectivity index (χ1) is 31.7. The van der Waals surface area contributed by atoms with Gasteiger partial charge in [0.05, 0.1) is 5.69 Å². The molecule has 0 N–H and O–H groups in total. The van der Waals surface area contributed by atoms with Crippen LogP contribution >= 0.6 is 0 Å². The van der Waals surface area contributed by atoms with Gasteiger partial charge < -0.3 is 4.90 Å². The smallest absolute Gasteiger partial charge is 0.247 e. The number of hydrogen-bond acceptors (Lipinski definition) is 4. The van der Waals surface area contributed by atoms with E-state index in [1.807, 2.05) is 11.1 Å². The van der Waals surface area contributed by atoms with Crippen molar-refractivity contribution in [2.75, 3.05) is 6.54 Å². The van der Waals surface area contributed by atoms with Crippen LogP contribution in [0.15, 0.2) is 136 Å². The first-order valence-corrected chi connectivity index (χ1v) is 25.6. The maximum absolute atomic E-state index is 13.2. The molecule has 358 valence electrons. The second-order valence-electron chi connectivity index (χ2n) is 25.7. The van der Waals surface area contributed by atoms with Crippen LogP contribution in [0.25, 0.3) is 16.8 Å². The monoisotopic (exact) mass is 909 g/mol. The Balaban J connectivity index is 1.21. The van der Waals surface area contributed by atoms with Crippen LogP contribution in [0, 0.1) is 22.2 Å². The predicted molar refractivity (Wildman–Crippen MR) is 287 cm³/mol. The summed E-state index contributed by atoms with van der Waals surface area (Å²) in [5.74, 6) is 0.884. The molecule has 0 spiro atoms. The second kappa shape index (κ2) is 18.0. The normalized spacial score (nSPS) is 21.9. The molecule has 5 heteroatoms. The zero-order chi connectivity index (χ0) is 49.3. The molecule has 1 fully saturated rings. The Morgan fingerprint density at radius 3 is 1.82 bits per heavy atom. The van der Waals surface area contributed by atoms with Crippen molar-refractivity contribution in [3.8, 4) is 11.3 Å². The van der Waals surface area contributed by atoms with E-state index in [1.54, 1.807) is 0 Å². The van der Waals surface area contributed by atoms with Gasteiger partial charge >= 0.3 is 0 Å². The minimum absolute atomic E-state index is 0.00333. The summed E-state index contributed by atoms with van der Waals surface area (Å²) >= 11 is 0. The van der Waals surface area contributed by atoms with Gasteiger partial charge in [0.25, 0.3) is 0 Å². The standard InChI is InChI=1S/C63H80N4O/c1-17-39-24-43(26-46(25-39)59(2,3)4)54-21-18-40(35-64-54)51-33-53(42-20-23-56(66-37-42)45-29-49(62(11,12)13)32-50(30-45)63(14,15)16)57(67-38-58(67)68)34-52(51)41-19-22-55(65-36-41)44-27-47(60(5,6)7)31-48(28-44)61(8,9)10/h18,20-21,23,25-27,29-32,34-37,43,48,51H,17,19,22,24,28,33,38H2,1-16H3. The lowest BCUT2D eigenvalue weighted by Gasteiger charge is -2.36. The van der Waals surface area contributed by atoms with E-state index in [0.29, 0.717) is 12.5 Å². The number of aromatic nitrogens is 2. The Morgan fingerprint density at radius 1 is 0.647 bits per heavy atom. The Hall–Kier alpha value is -5.16. The number of nitrogens with zero attached hydrogens (tertiary/aromatic N) is 4. The largest absolute Gasteiger partial charge is 0.301 e. The van der Waals surface area contributed by atoms with E-state index in [-0.39, 0.29) is 44.8 Å². The molecule has 5 aliphatic rings. The van der Waals surface area contributed by atoms with Crippen LogP contribution in [0.1, 0.15) is 189 Å². The van der Waals surface area contributed by atoms with Gasteiger partial charge in [-0.05, 0) is 158 Å². The number of hydrogen-bond donors (Lipinski definition) is 0. The number of amides is 1. The highest BCUT2D eigenvalue weighted by Gasteiger charge is 2.39. The van der Waals surface area contributed by atoms with E-state index in [4.69, 9.17) is 15.0 Å². The number of allylic oxidation sites excluding steroid dienone is 12. The van der Waals surface area contributed by atoms with Gasteiger partial charge in [0.2, 0.25) is 5.91 Å². The molecule has 1 amide bonds. The molecule has 0 saturated carbocycles. The fourth-order valence-electron chi connectivity index (χ4n) is 10.2. The lowest BCUT2D eigenvalue weighted by atomic mass is 9.69. The number of rotatable bonds is 8. The van der Waals surface area contributed by atoms with Gasteiger partial charge in [0.1, 0.15) is 6.54 Å². The molecule has 5 nitrogen and oxygen atoms in total. The molecule has 3 atom stereocenters. The fraction of sp³-hybridized carbons (Fsp3) is 0.492. The Bertz CT molecular complexity index is 2690. The summed E-state index contributed by atoms with van der Waals surface area (Å²) in [6.45, 7) is 37.4. The van der Waals surface area contributed by atoms with E-state index in [1.165, 1.54) is 55.8 Å². The van der Waals surface area contributed by atoms with E-state index in [0.717, 1.165) is 72.3 Å². The lowest BCUT2D eigenvalue weighted by molar-refractivity contribution is -0.112. The topological polar surface area (TPSA) is 58.2 Å². The molecule has 3 aromatic rings. The predicted octanol–water partition coefficient (Wildman–Crippen LogP) is 16.3. The maximum Gasteiger partial charge on any atom is 0.247 e. The molecule has 2 aliphatic heterocycles. The summed E-state index contributed by atoms with van der Waals surface area (Å²) in [6.07, 6.45) is 24.1. The van der Waals surface area contributed by atoms with Gasteiger partial charge in [-0.15, -0.1) is 0 Å². The fourth-order valence-corrected chi connectivity index (χ4v) is 10.2. The molecule has 0 radical (unpaired) electrons. The summed E-state index contributed by atoms with van der Waals surface area (Å²) in [5, 5.41) is 0. The van der Waals surface area contributed by atoms with Crippen LogP contribution in [-0.2, 0) is 15.6 Å². The van der Waals surface area contributed by atoms with Crippen LogP contribution in [0.4, 0.5) is 0 Å². The van der Waals surface area contributed by atoms with Crippen molar-refractivity contribution in [3.05, 3.63) is 159 Å². The summed E-state index contributed by atoms with van der Waals surface area (Å²) in [4.78, 5) is 30.9. The number of aliphatic imine (C=N–C) groups is 1. The average Bonchev–Trinajstić information content (AvgIpc) is 4.02. The lowest BCUT2D eigenvalue weighted by Crippen LogP contribution is -2.26. The molecule has 1 saturated heterocycles. The number of benzene rings is 1. The van der Waals surface area contributed by atoms with Gasteiger partial charge in [0.15, 0.2) is 0 Å². The van der Waals surface area contributed by atoms with Crippen LogP contribution in [-0.4, -0.2) is 33.0 Å². The number of carbonyl (C=O) groups excluding carboxylic acids is 1. The molecule has 3 aliphatic carbocycles. The zero-order valence-electron chi connectivity index (χ0n) is 44.5. The van der Waals surface area contributed by atoms with Crippen molar-refractivity contribution in [1.82, 2.24) is 14.9 Å². The first kappa shape index (κ1) is 49.3. The van der Waals surface area contributed by atoms with Crippen molar-refractivity contribution < 1.29 is 4.79 Å². The highest BCUT2D eigenvalue weighted by Crippen LogP contribution is 2.49. The SMILES string of the molecule is CCC1=CC(C(C)(C)C)=CC(c2ccc(C3CC(c4ccc(-c5cc(C(C)(C)C)cc(C(C)(C)C)c5)nc4)=C(N4CC4=O)C=C3C3=CN=C(C4=CC(C(C)(C)C)=CC(C(C)(C)C)C4)CC3)cn2)C1. The Labute approximate surface area is 410 Å². The zero-order valence-corrected chi connectivity index (χ0v) is 44.5.